The number of hydrogen-bond acceptors (Lipinski definition) is 3. The lowest BCUT2D eigenvalue weighted by molar-refractivity contribution is 0.236. The highest BCUT2D eigenvalue weighted by Gasteiger charge is 2.41. The highest BCUT2D eigenvalue weighted by atomic mass is 15.3. The number of aryl methyl sites for hydroxylation is 1. The summed E-state index contributed by atoms with van der Waals surface area (Å²) in [6.45, 7) is 2.73. The van der Waals surface area contributed by atoms with Gasteiger partial charge >= 0.3 is 0 Å². The van der Waals surface area contributed by atoms with Crippen LogP contribution in [-0.4, -0.2) is 21.1 Å². The highest BCUT2D eigenvalue weighted by Crippen LogP contribution is 2.41. The van der Waals surface area contributed by atoms with E-state index in [-0.39, 0.29) is 5.41 Å². The van der Waals surface area contributed by atoms with Gasteiger partial charge in [0.2, 0.25) is 0 Å². The second kappa shape index (κ2) is 3.28. The van der Waals surface area contributed by atoms with Crippen LogP contribution < -0.4 is 5.73 Å². The van der Waals surface area contributed by atoms with Crippen molar-refractivity contribution < 1.29 is 0 Å². The Morgan fingerprint density at radius 3 is 2.88 bits per heavy atom. The van der Waals surface area contributed by atoms with E-state index in [0.717, 1.165) is 24.3 Å². The minimum absolute atomic E-state index is 0.0781. The fourth-order valence-electron chi connectivity index (χ4n) is 2.48. The number of nitrogens with two attached hydrogens (primary N) is 1. The van der Waals surface area contributed by atoms with Crippen LogP contribution in [0, 0.1) is 6.92 Å². The molecule has 2 N–H and O–H groups in total. The third kappa shape index (κ3) is 1.19. The molecule has 1 fully saturated rings. The third-order valence-electron chi connectivity index (χ3n) is 3.74. The van der Waals surface area contributed by atoms with Crippen LogP contribution in [0.4, 0.5) is 0 Å². The predicted octanol–water partition coefficient (Wildman–Crippen LogP) is 1.42. The van der Waals surface area contributed by atoms with Crippen LogP contribution in [0.25, 0.3) is 5.65 Å². The second-order valence-corrected chi connectivity index (χ2v) is 4.79. The molecule has 3 rings (SSSR count). The first-order valence-corrected chi connectivity index (χ1v) is 5.77. The van der Waals surface area contributed by atoms with E-state index in [9.17, 15) is 0 Å². The van der Waals surface area contributed by atoms with Crippen LogP contribution in [0.2, 0.25) is 0 Å². The van der Waals surface area contributed by atoms with Gasteiger partial charge in [-0.15, -0.1) is 10.2 Å². The maximum Gasteiger partial charge on any atom is 0.161 e. The van der Waals surface area contributed by atoms with Gasteiger partial charge in [-0.25, -0.2) is 0 Å². The number of hydrogen-bond donors (Lipinski definition) is 1. The Bertz CT molecular complexity index is 519. The molecule has 0 saturated heterocycles. The van der Waals surface area contributed by atoms with E-state index in [0.29, 0.717) is 6.54 Å². The summed E-state index contributed by atoms with van der Waals surface area (Å²) in [5, 5.41) is 8.57. The summed E-state index contributed by atoms with van der Waals surface area (Å²) < 4.78 is 2.08. The first-order valence-electron chi connectivity index (χ1n) is 5.77. The zero-order valence-electron chi connectivity index (χ0n) is 9.48. The van der Waals surface area contributed by atoms with Crippen LogP contribution >= 0.6 is 0 Å². The molecule has 0 unspecified atom stereocenters. The van der Waals surface area contributed by atoms with E-state index in [1.165, 1.54) is 12.0 Å². The maximum atomic E-state index is 5.90. The van der Waals surface area contributed by atoms with Crippen molar-refractivity contribution in [2.24, 2.45) is 5.73 Å². The summed E-state index contributed by atoms with van der Waals surface area (Å²) in [6, 6.07) is 4.14. The van der Waals surface area contributed by atoms with E-state index in [4.69, 9.17) is 5.73 Å². The summed E-state index contributed by atoms with van der Waals surface area (Å²) in [7, 11) is 0. The summed E-state index contributed by atoms with van der Waals surface area (Å²) in [4.78, 5) is 0. The molecule has 4 nitrogen and oxygen atoms in total. The van der Waals surface area contributed by atoms with E-state index in [1.807, 2.05) is 0 Å². The zero-order valence-corrected chi connectivity index (χ0v) is 9.48. The topological polar surface area (TPSA) is 56.2 Å². The molecule has 1 aliphatic rings. The fraction of sp³-hybridized carbons (Fsp3) is 0.500. The minimum Gasteiger partial charge on any atom is -0.329 e. The molecule has 0 radical (unpaired) electrons. The zero-order chi connectivity index (χ0) is 11.2. The molecule has 0 atom stereocenters. The third-order valence-corrected chi connectivity index (χ3v) is 3.74. The molecule has 84 valence electrons. The fourth-order valence-corrected chi connectivity index (χ4v) is 2.48. The van der Waals surface area contributed by atoms with Crippen molar-refractivity contribution in [3.8, 4) is 0 Å². The molecule has 1 saturated carbocycles. The largest absolute Gasteiger partial charge is 0.329 e. The smallest absolute Gasteiger partial charge is 0.161 e. The molecule has 1 aliphatic carbocycles. The van der Waals surface area contributed by atoms with Gasteiger partial charge in [-0.2, -0.15) is 0 Å². The molecular weight excluding hydrogens is 200 g/mol. The minimum atomic E-state index is 0.0781. The van der Waals surface area contributed by atoms with Gasteiger partial charge in [0.25, 0.3) is 0 Å². The molecule has 2 aromatic rings. The van der Waals surface area contributed by atoms with Crippen molar-refractivity contribution in [1.29, 1.82) is 0 Å². The van der Waals surface area contributed by atoms with Crippen molar-refractivity contribution in [2.75, 3.05) is 6.54 Å². The molecule has 0 aliphatic heterocycles. The monoisotopic (exact) mass is 216 g/mol. The number of aromatic nitrogens is 3. The van der Waals surface area contributed by atoms with Crippen molar-refractivity contribution in [3.63, 3.8) is 0 Å². The first kappa shape index (κ1) is 9.78. The second-order valence-electron chi connectivity index (χ2n) is 4.79. The van der Waals surface area contributed by atoms with E-state index < -0.39 is 0 Å². The molecule has 0 amide bonds. The number of rotatable bonds is 2. The van der Waals surface area contributed by atoms with Crippen LogP contribution in [0.15, 0.2) is 18.3 Å². The quantitative estimate of drug-likeness (QED) is 0.826. The molecule has 2 heterocycles. The molecule has 0 spiro atoms. The van der Waals surface area contributed by atoms with Gasteiger partial charge in [-0.1, -0.05) is 6.42 Å². The van der Waals surface area contributed by atoms with Crippen LogP contribution in [-0.2, 0) is 5.41 Å². The number of nitrogens with zero attached hydrogens (tertiary/aromatic N) is 3. The normalized spacial score (nSPS) is 18.6. The SMILES string of the molecule is Cc1ccn2c(C3(CN)CCC3)nnc2c1. The van der Waals surface area contributed by atoms with Gasteiger partial charge in [0, 0.05) is 18.2 Å². The predicted molar refractivity (Wildman–Crippen MR) is 62.3 cm³/mol. The summed E-state index contributed by atoms with van der Waals surface area (Å²) in [6.07, 6.45) is 5.57. The maximum absolute atomic E-state index is 5.90. The van der Waals surface area contributed by atoms with Crippen molar-refractivity contribution in [2.45, 2.75) is 31.6 Å². The Hall–Kier alpha value is -1.42. The molecule has 0 bridgehead atoms. The number of pyridine rings is 1. The van der Waals surface area contributed by atoms with Crippen molar-refractivity contribution >= 4 is 5.65 Å². The van der Waals surface area contributed by atoms with Gasteiger partial charge in [-0.3, -0.25) is 4.40 Å². The Labute approximate surface area is 94.5 Å². The lowest BCUT2D eigenvalue weighted by Crippen LogP contribution is -2.43. The van der Waals surface area contributed by atoms with Crippen LogP contribution in [0.3, 0.4) is 0 Å². The molecule has 0 aromatic carbocycles. The summed E-state index contributed by atoms with van der Waals surface area (Å²) in [5.41, 5.74) is 8.11. The highest BCUT2D eigenvalue weighted by molar-refractivity contribution is 5.42. The van der Waals surface area contributed by atoms with Gasteiger partial charge in [0.05, 0.1) is 0 Å². The van der Waals surface area contributed by atoms with Gasteiger partial charge in [0.15, 0.2) is 5.65 Å². The Kier molecular flexibility index (Phi) is 2.01. The average molecular weight is 216 g/mol. The lowest BCUT2D eigenvalue weighted by atomic mass is 9.68. The summed E-state index contributed by atoms with van der Waals surface area (Å²) in [5.74, 6) is 1.04. The summed E-state index contributed by atoms with van der Waals surface area (Å²) >= 11 is 0. The lowest BCUT2D eigenvalue weighted by Gasteiger charge is -2.39. The number of fused-ring (bicyclic) bond motifs is 1. The van der Waals surface area contributed by atoms with Crippen molar-refractivity contribution in [3.05, 3.63) is 29.7 Å². The molecule has 2 aromatic heterocycles. The first-order chi connectivity index (χ1) is 7.75. The van der Waals surface area contributed by atoms with E-state index in [1.54, 1.807) is 0 Å². The Balaban J connectivity index is 2.17. The van der Waals surface area contributed by atoms with Gasteiger partial charge in [-0.05, 0) is 37.5 Å². The average Bonchev–Trinajstić information content (AvgIpc) is 2.61. The standard InChI is InChI=1S/C12H16N4/c1-9-3-6-16-10(7-9)14-15-11(16)12(8-13)4-2-5-12/h3,6-7H,2,4-5,8,13H2,1H3. The van der Waals surface area contributed by atoms with Gasteiger partial charge < -0.3 is 5.73 Å². The molecule has 16 heavy (non-hydrogen) atoms. The Morgan fingerprint density at radius 1 is 1.44 bits per heavy atom. The van der Waals surface area contributed by atoms with Crippen LogP contribution in [0.5, 0.6) is 0 Å². The van der Waals surface area contributed by atoms with E-state index in [2.05, 4.69) is 39.9 Å². The van der Waals surface area contributed by atoms with Crippen LogP contribution in [0.1, 0.15) is 30.7 Å². The molecular formula is C12H16N4. The Morgan fingerprint density at radius 2 is 2.25 bits per heavy atom. The van der Waals surface area contributed by atoms with Crippen molar-refractivity contribution in [1.82, 2.24) is 14.6 Å². The molecule has 4 heteroatoms. The van der Waals surface area contributed by atoms with E-state index >= 15 is 0 Å². The van der Waals surface area contributed by atoms with Gasteiger partial charge in [0.1, 0.15) is 5.82 Å².